The number of aliphatic hydroxyl groups is 1. The molecule has 90 valence electrons. The molecule has 2 unspecified atom stereocenters. The fourth-order valence-corrected chi connectivity index (χ4v) is 2.19. The van der Waals surface area contributed by atoms with Crippen LogP contribution in [-0.2, 0) is 0 Å². The number of rotatable bonds is 6. The van der Waals surface area contributed by atoms with E-state index in [1.165, 1.54) is 32.2 Å². The molecule has 0 aromatic heterocycles. The third kappa shape index (κ3) is 5.50. The lowest BCUT2D eigenvalue weighted by molar-refractivity contribution is 0.247. The van der Waals surface area contributed by atoms with E-state index in [1.807, 2.05) is 0 Å². The van der Waals surface area contributed by atoms with Gasteiger partial charge >= 0.3 is 0 Å². The van der Waals surface area contributed by atoms with Gasteiger partial charge in [0.1, 0.15) is 0 Å². The van der Waals surface area contributed by atoms with E-state index in [-0.39, 0.29) is 0 Å². The van der Waals surface area contributed by atoms with Crippen LogP contribution in [0.4, 0.5) is 0 Å². The fourth-order valence-electron chi connectivity index (χ4n) is 2.19. The van der Waals surface area contributed by atoms with Crippen LogP contribution in [0.5, 0.6) is 0 Å². The summed E-state index contributed by atoms with van der Waals surface area (Å²) in [6, 6.07) is 0.688. The molecule has 0 spiro atoms. The van der Waals surface area contributed by atoms with E-state index < -0.39 is 0 Å². The Bertz CT molecular complexity index is 145. The Morgan fingerprint density at radius 2 is 2.27 bits per heavy atom. The Labute approximate surface area is 93.6 Å². The summed E-state index contributed by atoms with van der Waals surface area (Å²) in [5.74, 6) is 0.645. The van der Waals surface area contributed by atoms with Gasteiger partial charge in [-0.3, -0.25) is 0 Å². The van der Waals surface area contributed by atoms with Gasteiger partial charge in [0.2, 0.25) is 0 Å². The van der Waals surface area contributed by atoms with Crippen molar-refractivity contribution in [3.8, 4) is 0 Å². The van der Waals surface area contributed by atoms with Gasteiger partial charge in [0.25, 0.3) is 0 Å². The molecule has 3 N–H and O–H groups in total. The van der Waals surface area contributed by atoms with Crippen molar-refractivity contribution >= 4 is 0 Å². The Hall–Kier alpha value is -0.120. The Kier molecular flexibility index (Phi) is 6.98. The number of hydrogen-bond acceptors (Lipinski definition) is 3. The van der Waals surface area contributed by atoms with Gasteiger partial charge in [0.15, 0.2) is 0 Å². The maximum Gasteiger partial charge on any atom is 0.0434 e. The zero-order valence-electron chi connectivity index (χ0n) is 9.97. The van der Waals surface area contributed by atoms with Crippen molar-refractivity contribution in [1.82, 2.24) is 10.6 Å². The Morgan fingerprint density at radius 1 is 1.40 bits per heavy atom. The summed E-state index contributed by atoms with van der Waals surface area (Å²) in [6.45, 7) is 5.92. The first kappa shape index (κ1) is 12.9. The second kappa shape index (κ2) is 8.08. The van der Waals surface area contributed by atoms with Crippen LogP contribution in [0.1, 0.15) is 39.0 Å². The smallest absolute Gasteiger partial charge is 0.0434 e. The first-order chi connectivity index (χ1) is 7.36. The van der Waals surface area contributed by atoms with Crippen molar-refractivity contribution in [3.05, 3.63) is 0 Å². The molecule has 1 fully saturated rings. The third-order valence-corrected chi connectivity index (χ3v) is 3.39. The fraction of sp³-hybridized carbons (Fsp3) is 1.00. The van der Waals surface area contributed by atoms with Crippen LogP contribution < -0.4 is 10.6 Å². The largest absolute Gasteiger partial charge is 0.396 e. The lowest BCUT2D eigenvalue weighted by Gasteiger charge is -2.20. The zero-order chi connectivity index (χ0) is 10.9. The van der Waals surface area contributed by atoms with Crippen molar-refractivity contribution in [2.24, 2.45) is 5.92 Å². The van der Waals surface area contributed by atoms with Crippen LogP contribution in [0.2, 0.25) is 0 Å². The molecule has 0 radical (unpaired) electrons. The van der Waals surface area contributed by atoms with Gasteiger partial charge in [-0.05, 0) is 51.2 Å². The van der Waals surface area contributed by atoms with Gasteiger partial charge < -0.3 is 15.7 Å². The zero-order valence-corrected chi connectivity index (χ0v) is 9.97. The van der Waals surface area contributed by atoms with Crippen molar-refractivity contribution in [2.75, 3.05) is 26.2 Å². The van der Waals surface area contributed by atoms with Gasteiger partial charge in [0, 0.05) is 12.6 Å². The highest BCUT2D eigenvalue weighted by Crippen LogP contribution is 2.09. The molecule has 0 aromatic rings. The van der Waals surface area contributed by atoms with Gasteiger partial charge in [0.05, 0.1) is 0 Å². The van der Waals surface area contributed by atoms with E-state index in [0.29, 0.717) is 18.6 Å². The summed E-state index contributed by atoms with van der Waals surface area (Å²) in [5.41, 5.74) is 0. The second-order valence-corrected chi connectivity index (χ2v) is 4.57. The summed E-state index contributed by atoms with van der Waals surface area (Å²) >= 11 is 0. The molecule has 1 aliphatic heterocycles. The molecular weight excluding hydrogens is 188 g/mol. The third-order valence-electron chi connectivity index (χ3n) is 3.39. The van der Waals surface area contributed by atoms with Crippen LogP contribution >= 0.6 is 0 Å². The molecule has 3 heteroatoms. The second-order valence-electron chi connectivity index (χ2n) is 4.57. The van der Waals surface area contributed by atoms with Gasteiger partial charge in [-0.2, -0.15) is 0 Å². The summed E-state index contributed by atoms with van der Waals surface area (Å²) in [4.78, 5) is 0. The highest BCUT2D eigenvalue weighted by atomic mass is 16.3. The molecule has 3 nitrogen and oxygen atoms in total. The maximum absolute atomic E-state index is 8.91. The molecule has 0 amide bonds. The maximum atomic E-state index is 8.91. The van der Waals surface area contributed by atoms with Crippen molar-refractivity contribution in [2.45, 2.75) is 45.1 Å². The van der Waals surface area contributed by atoms with E-state index in [0.717, 1.165) is 19.5 Å². The molecule has 2 atom stereocenters. The average Bonchev–Trinajstić information content (AvgIpc) is 2.52. The highest BCUT2D eigenvalue weighted by Gasteiger charge is 2.13. The van der Waals surface area contributed by atoms with E-state index in [1.54, 1.807) is 0 Å². The normalized spacial score (nSPS) is 24.8. The molecule has 1 rings (SSSR count). The molecule has 0 saturated carbocycles. The van der Waals surface area contributed by atoms with E-state index in [2.05, 4.69) is 17.6 Å². The van der Waals surface area contributed by atoms with Crippen LogP contribution in [0.25, 0.3) is 0 Å². The van der Waals surface area contributed by atoms with Crippen LogP contribution in [0.15, 0.2) is 0 Å². The summed E-state index contributed by atoms with van der Waals surface area (Å²) in [5, 5.41) is 16.0. The van der Waals surface area contributed by atoms with Gasteiger partial charge in [-0.25, -0.2) is 0 Å². The number of nitrogens with one attached hydrogen (secondary N) is 2. The molecule has 0 aromatic carbocycles. The molecule has 1 aliphatic rings. The predicted molar refractivity (Wildman–Crippen MR) is 64.0 cm³/mol. The van der Waals surface area contributed by atoms with Crippen LogP contribution in [-0.4, -0.2) is 37.4 Å². The van der Waals surface area contributed by atoms with Crippen LogP contribution in [0, 0.1) is 5.92 Å². The minimum atomic E-state index is 0.326. The van der Waals surface area contributed by atoms with Crippen molar-refractivity contribution in [3.63, 3.8) is 0 Å². The summed E-state index contributed by atoms with van der Waals surface area (Å²) < 4.78 is 0. The predicted octanol–water partition coefficient (Wildman–Crippen LogP) is 1.13. The SMILES string of the molecule is CCC(CCO)CNC1CCCNCC1. The first-order valence-corrected chi connectivity index (χ1v) is 6.41. The minimum absolute atomic E-state index is 0.326. The molecule has 0 aliphatic carbocycles. The van der Waals surface area contributed by atoms with Gasteiger partial charge in [-0.15, -0.1) is 0 Å². The van der Waals surface area contributed by atoms with Gasteiger partial charge in [-0.1, -0.05) is 13.3 Å². The van der Waals surface area contributed by atoms with Crippen molar-refractivity contribution in [1.29, 1.82) is 0 Å². The highest BCUT2D eigenvalue weighted by molar-refractivity contribution is 4.74. The van der Waals surface area contributed by atoms with Crippen molar-refractivity contribution < 1.29 is 5.11 Å². The van der Waals surface area contributed by atoms with E-state index >= 15 is 0 Å². The molecule has 1 heterocycles. The molecule has 0 bridgehead atoms. The molecular formula is C12H26N2O. The van der Waals surface area contributed by atoms with E-state index in [4.69, 9.17) is 5.11 Å². The molecule has 15 heavy (non-hydrogen) atoms. The minimum Gasteiger partial charge on any atom is -0.396 e. The van der Waals surface area contributed by atoms with Crippen LogP contribution in [0.3, 0.4) is 0 Å². The quantitative estimate of drug-likeness (QED) is 0.621. The Balaban J connectivity index is 2.15. The number of aliphatic hydroxyl groups excluding tert-OH is 1. The summed E-state index contributed by atoms with van der Waals surface area (Å²) in [6.07, 6.45) is 5.93. The summed E-state index contributed by atoms with van der Waals surface area (Å²) in [7, 11) is 0. The standard InChI is InChI=1S/C12H26N2O/c1-2-11(6-9-15)10-14-12-4-3-7-13-8-5-12/h11-15H,2-10H2,1H3. The monoisotopic (exact) mass is 214 g/mol. The van der Waals surface area contributed by atoms with E-state index in [9.17, 15) is 0 Å². The lowest BCUT2D eigenvalue weighted by atomic mass is 10.0. The Morgan fingerprint density at radius 3 is 3.00 bits per heavy atom. The topological polar surface area (TPSA) is 44.3 Å². The average molecular weight is 214 g/mol. The first-order valence-electron chi connectivity index (χ1n) is 6.41. The lowest BCUT2D eigenvalue weighted by Crippen LogP contribution is -2.34. The molecule has 1 saturated heterocycles. The number of hydrogen-bond donors (Lipinski definition) is 3.